The van der Waals surface area contributed by atoms with Crippen LogP contribution in [0.15, 0.2) is 36.0 Å². The number of nitriles is 1. The lowest BCUT2D eigenvalue weighted by Gasteiger charge is -2.05. The summed E-state index contributed by atoms with van der Waals surface area (Å²) in [5.41, 5.74) is 1.08. The molecule has 1 amide bonds. The van der Waals surface area contributed by atoms with Crippen LogP contribution in [0.4, 0.5) is 0 Å². The topological polar surface area (TPSA) is 102 Å². The van der Waals surface area contributed by atoms with Gasteiger partial charge in [-0.25, -0.2) is 4.79 Å². The molecular weight excluding hydrogens is 282 g/mol. The number of hydrogen-bond acceptors (Lipinski definition) is 4. The van der Waals surface area contributed by atoms with E-state index in [9.17, 15) is 9.59 Å². The van der Waals surface area contributed by atoms with E-state index in [2.05, 4.69) is 10.6 Å². The highest BCUT2D eigenvalue weighted by atomic mass is 16.4. The molecule has 0 fully saturated rings. The predicted molar refractivity (Wildman–Crippen MR) is 81.9 cm³/mol. The Labute approximate surface area is 129 Å². The van der Waals surface area contributed by atoms with Gasteiger partial charge >= 0.3 is 5.97 Å². The summed E-state index contributed by atoms with van der Waals surface area (Å²) >= 11 is 0. The van der Waals surface area contributed by atoms with Gasteiger partial charge < -0.3 is 15.7 Å². The maximum absolute atomic E-state index is 11.7. The van der Waals surface area contributed by atoms with Crippen LogP contribution >= 0.6 is 0 Å². The lowest BCUT2D eigenvalue weighted by atomic mass is 10.1. The predicted octanol–water partition coefficient (Wildman–Crippen LogP) is 1.80. The van der Waals surface area contributed by atoms with E-state index in [1.54, 1.807) is 12.1 Å². The summed E-state index contributed by atoms with van der Waals surface area (Å²) in [5, 5.41) is 23.3. The average Bonchev–Trinajstić information content (AvgIpc) is 2.52. The first-order valence-corrected chi connectivity index (χ1v) is 7.02. The van der Waals surface area contributed by atoms with Crippen LogP contribution in [-0.4, -0.2) is 23.5 Å². The van der Waals surface area contributed by atoms with Gasteiger partial charge in [0.2, 0.25) is 0 Å². The van der Waals surface area contributed by atoms with Gasteiger partial charge in [-0.05, 0) is 24.1 Å². The molecule has 3 N–H and O–H groups in total. The quantitative estimate of drug-likeness (QED) is 0.386. The largest absolute Gasteiger partial charge is 0.478 e. The Bertz CT molecular complexity index is 586. The number of benzene rings is 1. The zero-order valence-corrected chi connectivity index (χ0v) is 12.4. The van der Waals surface area contributed by atoms with E-state index < -0.39 is 11.9 Å². The van der Waals surface area contributed by atoms with Crippen molar-refractivity contribution in [1.82, 2.24) is 10.6 Å². The van der Waals surface area contributed by atoms with Gasteiger partial charge in [-0.2, -0.15) is 5.26 Å². The van der Waals surface area contributed by atoms with Crippen molar-refractivity contribution in [3.8, 4) is 6.07 Å². The van der Waals surface area contributed by atoms with Crippen molar-refractivity contribution in [3.05, 3.63) is 47.2 Å². The minimum Gasteiger partial charge on any atom is -0.478 e. The van der Waals surface area contributed by atoms with Crippen molar-refractivity contribution in [3.63, 3.8) is 0 Å². The highest BCUT2D eigenvalue weighted by Gasteiger charge is 2.07. The molecule has 6 nitrogen and oxygen atoms in total. The fourth-order valence-corrected chi connectivity index (χ4v) is 1.66. The fraction of sp³-hybridized carbons (Fsp3) is 0.312. The minimum absolute atomic E-state index is 0.0123. The summed E-state index contributed by atoms with van der Waals surface area (Å²) < 4.78 is 0. The van der Waals surface area contributed by atoms with Gasteiger partial charge in [-0.15, -0.1) is 0 Å². The summed E-state index contributed by atoms with van der Waals surface area (Å²) in [6, 6.07) is 8.22. The Morgan fingerprint density at radius 3 is 2.55 bits per heavy atom. The molecule has 0 aliphatic carbocycles. The lowest BCUT2D eigenvalue weighted by Crippen LogP contribution is -2.26. The number of carbonyl (C=O) groups excluding carboxylic acids is 1. The molecule has 116 valence electrons. The summed E-state index contributed by atoms with van der Waals surface area (Å²) in [4.78, 5) is 22.4. The second-order valence-corrected chi connectivity index (χ2v) is 4.66. The van der Waals surface area contributed by atoms with Crippen LogP contribution in [0.25, 0.3) is 0 Å². The molecule has 0 radical (unpaired) electrons. The molecule has 1 aromatic rings. The molecule has 0 aromatic heterocycles. The van der Waals surface area contributed by atoms with Crippen LogP contribution in [0.1, 0.15) is 35.7 Å². The maximum Gasteiger partial charge on any atom is 0.335 e. The normalized spacial score (nSPS) is 10.6. The smallest absolute Gasteiger partial charge is 0.335 e. The Morgan fingerprint density at radius 1 is 1.32 bits per heavy atom. The molecule has 0 spiro atoms. The van der Waals surface area contributed by atoms with Crippen molar-refractivity contribution in [2.75, 3.05) is 6.54 Å². The van der Waals surface area contributed by atoms with E-state index >= 15 is 0 Å². The van der Waals surface area contributed by atoms with Gasteiger partial charge in [-0.1, -0.05) is 25.5 Å². The van der Waals surface area contributed by atoms with Gasteiger partial charge in [-0.3, -0.25) is 4.79 Å². The van der Waals surface area contributed by atoms with Crippen molar-refractivity contribution < 1.29 is 14.7 Å². The molecule has 0 saturated heterocycles. The number of nitrogens with zero attached hydrogens (tertiary/aromatic N) is 1. The van der Waals surface area contributed by atoms with Gasteiger partial charge in [0.1, 0.15) is 11.6 Å². The molecule has 0 heterocycles. The number of amides is 1. The monoisotopic (exact) mass is 301 g/mol. The number of aromatic carboxylic acids is 1. The third-order valence-electron chi connectivity index (χ3n) is 2.93. The van der Waals surface area contributed by atoms with Crippen LogP contribution in [0.5, 0.6) is 0 Å². The number of carboxylic acids is 1. The molecule has 0 aliphatic heterocycles. The van der Waals surface area contributed by atoms with E-state index in [0.717, 1.165) is 18.4 Å². The van der Waals surface area contributed by atoms with E-state index in [-0.39, 0.29) is 11.1 Å². The summed E-state index contributed by atoms with van der Waals surface area (Å²) in [6.07, 6.45) is 3.21. The zero-order chi connectivity index (χ0) is 16.4. The van der Waals surface area contributed by atoms with Crippen LogP contribution in [0.2, 0.25) is 0 Å². The second kappa shape index (κ2) is 9.19. The average molecular weight is 301 g/mol. The van der Waals surface area contributed by atoms with E-state index in [1.807, 2.05) is 13.0 Å². The Hall–Kier alpha value is -2.81. The molecule has 0 bridgehead atoms. The molecule has 0 atom stereocenters. The van der Waals surface area contributed by atoms with Gasteiger partial charge in [0.15, 0.2) is 0 Å². The highest BCUT2D eigenvalue weighted by molar-refractivity contribution is 5.97. The third kappa shape index (κ3) is 5.67. The van der Waals surface area contributed by atoms with Crippen LogP contribution < -0.4 is 10.6 Å². The molecule has 0 saturated carbocycles. The molecular formula is C16H19N3O3. The first kappa shape index (κ1) is 17.2. The SMILES string of the molecule is CCCCNC(=O)/C(C#N)=C\NCc1ccc(C(=O)O)cc1. The summed E-state index contributed by atoms with van der Waals surface area (Å²) in [5.74, 6) is -1.38. The van der Waals surface area contributed by atoms with E-state index in [0.29, 0.717) is 13.1 Å². The first-order chi connectivity index (χ1) is 10.6. The molecule has 1 aromatic carbocycles. The van der Waals surface area contributed by atoms with Crippen LogP contribution in [0.3, 0.4) is 0 Å². The minimum atomic E-state index is -0.977. The van der Waals surface area contributed by atoms with Crippen molar-refractivity contribution in [1.29, 1.82) is 5.26 Å². The molecule has 6 heteroatoms. The van der Waals surface area contributed by atoms with Gasteiger partial charge in [0.05, 0.1) is 5.56 Å². The third-order valence-corrected chi connectivity index (χ3v) is 2.93. The van der Waals surface area contributed by atoms with E-state index in [1.165, 1.54) is 18.3 Å². The Kier molecular flexibility index (Phi) is 7.20. The molecule has 0 aliphatic rings. The first-order valence-electron chi connectivity index (χ1n) is 7.02. The number of carboxylic acid groups (broad SMARTS) is 1. The number of rotatable bonds is 8. The maximum atomic E-state index is 11.7. The van der Waals surface area contributed by atoms with Gasteiger partial charge in [0.25, 0.3) is 5.91 Å². The van der Waals surface area contributed by atoms with Crippen molar-refractivity contribution >= 4 is 11.9 Å². The summed E-state index contributed by atoms with van der Waals surface area (Å²) in [7, 11) is 0. The van der Waals surface area contributed by atoms with Gasteiger partial charge in [0, 0.05) is 19.3 Å². The standard InChI is InChI=1S/C16H19N3O3/c1-2-3-8-19-15(20)14(9-17)11-18-10-12-4-6-13(7-5-12)16(21)22/h4-7,11,18H,2-3,8,10H2,1H3,(H,19,20)(H,21,22)/b14-11-. The Morgan fingerprint density at radius 2 is 2.00 bits per heavy atom. The number of nitrogens with one attached hydrogen (secondary N) is 2. The summed E-state index contributed by atoms with van der Waals surface area (Å²) in [6.45, 7) is 2.96. The number of carbonyl (C=O) groups is 2. The van der Waals surface area contributed by atoms with E-state index in [4.69, 9.17) is 10.4 Å². The Balaban J connectivity index is 2.53. The van der Waals surface area contributed by atoms with Crippen molar-refractivity contribution in [2.45, 2.75) is 26.3 Å². The number of hydrogen-bond donors (Lipinski definition) is 3. The zero-order valence-electron chi connectivity index (χ0n) is 12.4. The second-order valence-electron chi connectivity index (χ2n) is 4.66. The molecule has 22 heavy (non-hydrogen) atoms. The lowest BCUT2D eigenvalue weighted by molar-refractivity contribution is -0.117. The van der Waals surface area contributed by atoms with Crippen LogP contribution in [-0.2, 0) is 11.3 Å². The molecule has 1 rings (SSSR count). The highest BCUT2D eigenvalue weighted by Crippen LogP contribution is 2.04. The van der Waals surface area contributed by atoms with Crippen LogP contribution in [0, 0.1) is 11.3 Å². The molecule has 0 unspecified atom stereocenters. The van der Waals surface area contributed by atoms with Crippen molar-refractivity contribution in [2.24, 2.45) is 0 Å². The number of unbranched alkanes of at least 4 members (excludes halogenated alkanes) is 1. The fourth-order valence-electron chi connectivity index (χ4n) is 1.66.